The Balaban J connectivity index is 0.951. The van der Waals surface area contributed by atoms with Crippen LogP contribution >= 0.6 is 23.2 Å². The summed E-state index contributed by atoms with van der Waals surface area (Å²) >= 11 is 11.2. The number of H-pyrrole nitrogens is 1. The summed E-state index contributed by atoms with van der Waals surface area (Å²) < 4.78 is 21.8. The Kier molecular flexibility index (Phi) is 25.6. The van der Waals surface area contributed by atoms with Gasteiger partial charge in [0.2, 0.25) is 5.95 Å². The maximum Gasteiger partial charge on any atom is 0.326 e. The van der Waals surface area contributed by atoms with E-state index in [1.54, 1.807) is 12.1 Å². The number of esters is 1. The highest BCUT2D eigenvalue weighted by Crippen LogP contribution is 2.22. The molecule has 2 amide bonds. The van der Waals surface area contributed by atoms with Crippen LogP contribution in [-0.4, -0.2) is 134 Å². The van der Waals surface area contributed by atoms with Gasteiger partial charge in [0.25, 0.3) is 23.1 Å². The number of hydrogen-bond donors (Lipinski definition) is 7. The van der Waals surface area contributed by atoms with Crippen molar-refractivity contribution in [1.82, 2.24) is 30.6 Å². The van der Waals surface area contributed by atoms with Crippen LogP contribution in [0.2, 0.25) is 0 Å². The van der Waals surface area contributed by atoms with E-state index in [2.05, 4.69) is 35.9 Å². The number of nitrogens with one attached hydrogen (secondary N) is 4. The van der Waals surface area contributed by atoms with E-state index in [9.17, 15) is 53.9 Å². The molecule has 0 fully saturated rings. The van der Waals surface area contributed by atoms with Gasteiger partial charge in [-0.15, -0.1) is 0 Å². The number of unbranched alkanes of at least 4 members (excludes halogenated alkanes) is 2. The topological polar surface area (TPSA) is 357 Å². The molecule has 3 unspecified atom stereocenters. The number of Topliss-reactive ketones (excluding diaryl/α,β-unsaturated/α-hetero) is 2. The quantitative estimate of drug-likeness (QED) is 0.0111. The van der Waals surface area contributed by atoms with E-state index in [1.165, 1.54) is 42.6 Å². The third kappa shape index (κ3) is 21.9. The van der Waals surface area contributed by atoms with E-state index >= 15 is 0 Å². The van der Waals surface area contributed by atoms with Crippen molar-refractivity contribution in [2.45, 2.75) is 100 Å². The van der Waals surface area contributed by atoms with Crippen LogP contribution in [0, 0.1) is 10.1 Å². The highest BCUT2D eigenvalue weighted by molar-refractivity contribution is 6.53. The molecule has 0 spiro atoms. The molecule has 0 aliphatic rings. The minimum Gasteiger partial charge on any atom is -0.480 e. The van der Waals surface area contributed by atoms with Crippen LogP contribution in [0.3, 0.4) is 0 Å². The number of fused-ring (bicyclic) bond motifs is 1. The number of halogens is 2. The number of aliphatic carboxylic acids is 1. The number of anilines is 2. The lowest BCUT2D eigenvalue weighted by Crippen LogP contribution is -2.45. The fourth-order valence-electron chi connectivity index (χ4n) is 6.80. The van der Waals surface area contributed by atoms with E-state index in [0.717, 1.165) is 0 Å². The van der Waals surface area contributed by atoms with E-state index < -0.39 is 63.9 Å². The fraction of sp³-hybridized carbons (Fsp3) is 0.489. The zero-order chi connectivity index (χ0) is 53.1. The van der Waals surface area contributed by atoms with Crippen LogP contribution in [0.25, 0.3) is 11.2 Å². The molecule has 0 aliphatic heterocycles. The number of benzene rings is 2. The van der Waals surface area contributed by atoms with Gasteiger partial charge in [0.1, 0.15) is 30.3 Å². The number of aromatic amines is 1. The molecular formula is C47H59Cl2N9O15. The number of ether oxygens (including phenoxy) is 4. The Labute approximate surface area is 428 Å². The number of carbonyl (C=O) groups is 6. The molecule has 26 heteroatoms. The number of nitrogen functional groups attached to an aromatic ring is 1. The van der Waals surface area contributed by atoms with Crippen LogP contribution in [0.4, 0.5) is 17.3 Å². The van der Waals surface area contributed by atoms with Crippen LogP contribution < -0.4 is 27.2 Å². The van der Waals surface area contributed by atoms with Crippen molar-refractivity contribution in [1.29, 1.82) is 0 Å². The van der Waals surface area contributed by atoms with Crippen molar-refractivity contribution in [2.24, 2.45) is 0 Å². The van der Waals surface area contributed by atoms with Gasteiger partial charge < -0.3 is 50.8 Å². The average molecular weight is 1060 g/mol. The Bertz CT molecular complexity index is 2520. The highest BCUT2D eigenvalue weighted by Gasteiger charge is 2.27. The van der Waals surface area contributed by atoms with E-state index in [0.29, 0.717) is 83.1 Å². The first-order valence-corrected chi connectivity index (χ1v) is 24.2. The largest absolute Gasteiger partial charge is 0.480 e. The molecule has 4 rings (SSSR count). The molecule has 0 radical (unpaired) electrons. The number of carboxylic acids is 1. The predicted molar refractivity (Wildman–Crippen MR) is 265 cm³/mol. The summed E-state index contributed by atoms with van der Waals surface area (Å²) in [4.78, 5) is 110. The van der Waals surface area contributed by atoms with Gasteiger partial charge >= 0.3 is 11.9 Å². The monoisotopic (exact) mass is 1060 g/mol. The zero-order valence-electron chi connectivity index (χ0n) is 39.8. The number of nitrogens with two attached hydrogens (primary N) is 1. The summed E-state index contributed by atoms with van der Waals surface area (Å²) in [6, 6.07) is 8.84. The van der Waals surface area contributed by atoms with Gasteiger partial charge in [-0.25, -0.2) is 14.8 Å². The SMILES string of the molecule is Nc1nc2nc(CNc3ccc(C(=O)NC(CCC(=O)CCCCOCCOCCOCCCCC(=O)CCCC(=O)OCC(NC(=O)C(Cl)Cl)C(O)c4ccc([N+](=O)[O-])cc4)C(=O)O)cc3)cnc2c(=O)[nH]1. The average Bonchev–Trinajstić information content (AvgIpc) is 3.36. The maximum atomic E-state index is 12.8. The van der Waals surface area contributed by atoms with Gasteiger partial charge in [0.15, 0.2) is 16.0 Å². The van der Waals surface area contributed by atoms with Crippen molar-refractivity contribution < 1.29 is 62.9 Å². The van der Waals surface area contributed by atoms with Crippen molar-refractivity contribution in [3.8, 4) is 0 Å². The fourth-order valence-corrected chi connectivity index (χ4v) is 6.93. The molecule has 396 valence electrons. The minimum absolute atomic E-state index is 0.0181. The second kappa shape index (κ2) is 31.7. The molecule has 3 atom stereocenters. The lowest BCUT2D eigenvalue weighted by atomic mass is 10.0. The maximum absolute atomic E-state index is 12.8. The summed E-state index contributed by atoms with van der Waals surface area (Å²) in [5.74, 6) is -3.60. The molecule has 2 aromatic heterocycles. The van der Waals surface area contributed by atoms with Gasteiger partial charge in [-0.3, -0.25) is 43.9 Å². The van der Waals surface area contributed by atoms with Crippen molar-refractivity contribution in [2.75, 3.05) is 57.3 Å². The van der Waals surface area contributed by atoms with Crippen LogP contribution in [0.5, 0.6) is 0 Å². The number of aliphatic hydroxyl groups excluding tert-OH is 1. The summed E-state index contributed by atoms with van der Waals surface area (Å²) in [5.41, 5.74) is 6.60. The predicted octanol–water partition coefficient (Wildman–Crippen LogP) is 4.04. The van der Waals surface area contributed by atoms with Gasteiger partial charge in [-0.05, 0) is 80.5 Å². The molecule has 4 aromatic rings. The lowest BCUT2D eigenvalue weighted by Gasteiger charge is -2.24. The first-order valence-electron chi connectivity index (χ1n) is 23.3. The second-order valence-electron chi connectivity index (χ2n) is 16.4. The molecule has 8 N–H and O–H groups in total. The number of rotatable bonds is 36. The number of aliphatic hydroxyl groups is 1. The van der Waals surface area contributed by atoms with Crippen molar-refractivity contribution in [3.63, 3.8) is 0 Å². The molecule has 0 bridgehead atoms. The van der Waals surface area contributed by atoms with Gasteiger partial charge in [0, 0.05) is 68.7 Å². The normalized spacial score (nSPS) is 12.4. The number of hydrogen-bond acceptors (Lipinski definition) is 19. The number of carboxylic acid groups (broad SMARTS) is 1. The number of non-ortho nitro benzene ring substituents is 1. The summed E-state index contributed by atoms with van der Waals surface area (Å²) in [5, 5.41) is 39.4. The Morgan fingerprint density at radius 1 is 0.781 bits per heavy atom. The first kappa shape index (κ1) is 58.9. The van der Waals surface area contributed by atoms with Gasteiger partial charge in [-0.1, -0.05) is 23.2 Å². The standard InChI is InChI=1S/C47H59Cl2N9O15/c48-41(49)45(65)55-37(40(62)29-12-16-33(17-13-29)58(68)69)28-73-38(61)9-5-8-34(59)6-1-3-20-70-22-24-72-25-23-71-21-4-2-7-35(60)18-19-36(46(66)67)54-43(63)30-10-14-31(15-11-30)51-26-32-27-52-39-42(53-32)56-47(50)57-44(39)64/h10-17,27,36-37,40-41,51,62H,1-9,18-26,28H2,(H,54,63)(H,55,65)(H,66,67)(H3,50,53,56,57,64). The first-order chi connectivity index (χ1) is 35.0. The number of nitro benzene ring substituents is 1. The van der Waals surface area contributed by atoms with E-state index in [-0.39, 0.29) is 90.6 Å². The van der Waals surface area contributed by atoms with Crippen LogP contribution in [0.1, 0.15) is 98.3 Å². The van der Waals surface area contributed by atoms with Gasteiger partial charge in [0.05, 0.1) is 55.8 Å². The van der Waals surface area contributed by atoms with Crippen LogP contribution in [0.15, 0.2) is 59.5 Å². The molecule has 2 aromatic carbocycles. The number of carbonyl (C=O) groups excluding carboxylic acids is 5. The Morgan fingerprint density at radius 2 is 1.38 bits per heavy atom. The Morgan fingerprint density at radius 3 is 1.99 bits per heavy atom. The van der Waals surface area contributed by atoms with Crippen molar-refractivity contribution in [3.05, 3.63) is 92.0 Å². The number of nitrogens with zero attached hydrogens (tertiary/aromatic N) is 4. The molecule has 0 saturated heterocycles. The third-order valence-corrected chi connectivity index (χ3v) is 11.2. The molecule has 0 saturated carbocycles. The number of nitro groups is 1. The third-order valence-electron chi connectivity index (χ3n) is 10.8. The minimum atomic E-state index is -1.46. The number of aromatic nitrogens is 4. The highest BCUT2D eigenvalue weighted by atomic mass is 35.5. The Hall–Kier alpha value is -6.70. The molecule has 0 aliphatic carbocycles. The smallest absolute Gasteiger partial charge is 0.326 e. The number of amides is 2. The van der Waals surface area contributed by atoms with Crippen molar-refractivity contribution >= 4 is 87.0 Å². The summed E-state index contributed by atoms with van der Waals surface area (Å²) in [6.07, 6.45) is 3.21. The molecule has 2 heterocycles. The van der Waals surface area contributed by atoms with Gasteiger partial charge in [-0.2, -0.15) is 4.98 Å². The second-order valence-corrected chi connectivity index (χ2v) is 17.5. The van der Waals surface area contributed by atoms with E-state index in [4.69, 9.17) is 47.9 Å². The summed E-state index contributed by atoms with van der Waals surface area (Å²) in [6.45, 7) is 2.03. The number of alkyl halides is 2. The van der Waals surface area contributed by atoms with E-state index in [1.807, 2.05) is 0 Å². The summed E-state index contributed by atoms with van der Waals surface area (Å²) in [7, 11) is 0. The van der Waals surface area contributed by atoms with Crippen LogP contribution in [-0.2, 0) is 49.5 Å². The molecule has 24 nitrogen and oxygen atoms in total. The molecule has 73 heavy (non-hydrogen) atoms. The lowest BCUT2D eigenvalue weighted by molar-refractivity contribution is -0.384. The molecular weight excluding hydrogens is 1000 g/mol. The number of ketones is 2. The zero-order valence-corrected chi connectivity index (χ0v) is 41.3.